The topological polar surface area (TPSA) is 86.8 Å². The molecule has 0 aromatic heterocycles. The molecule has 0 aliphatic heterocycles. The number of hydrogen-bond acceptors (Lipinski definition) is 4. The van der Waals surface area contributed by atoms with E-state index in [4.69, 9.17) is 11.6 Å². The second-order valence-electron chi connectivity index (χ2n) is 10.4. The summed E-state index contributed by atoms with van der Waals surface area (Å²) in [4.78, 5) is 29.2. The van der Waals surface area contributed by atoms with Crippen LogP contribution in [0.15, 0.2) is 71.6 Å². The zero-order chi connectivity index (χ0) is 30.3. The summed E-state index contributed by atoms with van der Waals surface area (Å²) in [5.41, 5.74) is 3.72. The number of carbonyl (C=O) groups excluding carboxylic acids is 2. The van der Waals surface area contributed by atoms with Gasteiger partial charge in [-0.05, 0) is 87.6 Å². The molecule has 0 spiro atoms. The summed E-state index contributed by atoms with van der Waals surface area (Å²) in [7, 11) is -4.15. The number of halogens is 1. The number of benzene rings is 3. The molecule has 2 amide bonds. The molecule has 0 radical (unpaired) electrons. The molecule has 0 saturated carbocycles. The lowest BCUT2D eigenvalue weighted by Gasteiger charge is -2.34. The molecular weight excluding hydrogens is 558 g/mol. The highest BCUT2D eigenvalue weighted by Crippen LogP contribution is 2.30. The van der Waals surface area contributed by atoms with E-state index in [2.05, 4.69) is 5.32 Å². The van der Waals surface area contributed by atoms with E-state index < -0.39 is 28.5 Å². The van der Waals surface area contributed by atoms with Gasteiger partial charge in [-0.15, -0.1) is 0 Å². The van der Waals surface area contributed by atoms with Crippen molar-refractivity contribution < 1.29 is 18.0 Å². The standard InChI is InChI=1S/C32H40ClN3O4S/c1-7-25(6)34-32(38)29(8-2)35(20-26-12-10-9-11-23(26)4)31(37)21-36(30-18-15-27(33)19-24(30)5)41(39,40)28-16-13-22(3)14-17-28/h9-19,25,29H,7-8,20-21H2,1-6H3,(H,34,38)/t25-,29+/m1/s1. The third-order valence-corrected chi connectivity index (χ3v) is 9.31. The van der Waals surface area contributed by atoms with E-state index in [-0.39, 0.29) is 23.4 Å². The van der Waals surface area contributed by atoms with Gasteiger partial charge < -0.3 is 10.2 Å². The van der Waals surface area contributed by atoms with Gasteiger partial charge in [0.25, 0.3) is 10.0 Å². The van der Waals surface area contributed by atoms with Crippen LogP contribution in [0.2, 0.25) is 5.02 Å². The predicted molar refractivity (Wildman–Crippen MR) is 166 cm³/mol. The largest absolute Gasteiger partial charge is 0.352 e. The highest BCUT2D eigenvalue weighted by molar-refractivity contribution is 7.92. The second-order valence-corrected chi connectivity index (χ2v) is 12.7. The molecule has 0 fully saturated rings. The molecule has 0 heterocycles. The molecule has 220 valence electrons. The number of carbonyl (C=O) groups is 2. The molecule has 2 atom stereocenters. The first-order chi connectivity index (χ1) is 19.4. The minimum Gasteiger partial charge on any atom is -0.352 e. The van der Waals surface area contributed by atoms with Gasteiger partial charge in [-0.2, -0.15) is 0 Å². The van der Waals surface area contributed by atoms with E-state index in [1.165, 1.54) is 17.0 Å². The maximum absolute atomic E-state index is 14.2. The fourth-order valence-corrected chi connectivity index (χ4v) is 6.29. The van der Waals surface area contributed by atoms with Crippen molar-refractivity contribution in [2.75, 3.05) is 10.8 Å². The fourth-order valence-electron chi connectivity index (χ4n) is 4.58. The SMILES string of the molecule is CC[C@@H](C)NC(=O)[C@H](CC)N(Cc1ccccc1C)C(=O)CN(c1ccc(Cl)cc1C)S(=O)(=O)c1ccc(C)cc1. The first-order valence-electron chi connectivity index (χ1n) is 13.9. The zero-order valence-corrected chi connectivity index (χ0v) is 26.2. The summed E-state index contributed by atoms with van der Waals surface area (Å²) in [6.07, 6.45) is 1.11. The van der Waals surface area contributed by atoms with Crippen LogP contribution in [-0.4, -0.2) is 43.8 Å². The summed E-state index contributed by atoms with van der Waals surface area (Å²) in [5, 5.41) is 3.46. The van der Waals surface area contributed by atoms with E-state index in [9.17, 15) is 18.0 Å². The second kappa shape index (κ2) is 14.0. The number of nitrogens with one attached hydrogen (secondary N) is 1. The Bertz CT molecular complexity index is 1470. The molecule has 0 aliphatic rings. The van der Waals surface area contributed by atoms with Crippen molar-refractivity contribution in [1.29, 1.82) is 0 Å². The number of sulfonamides is 1. The first kappa shape index (κ1) is 32.2. The third-order valence-electron chi connectivity index (χ3n) is 7.30. The third kappa shape index (κ3) is 7.89. The van der Waals surface area contributed by atoms with Gasteiger partial charge in [0, 0.05) is 17.6 Å². The molecule has 9 heteroatoms. The fraction of sp³-hybridized carbons (Fsp3) is 0.375. The summed E-state index contributed by atoms with van der Waals surface area (Å²) in [6.45, 7) is 11.0. The zero-order valence-electron chi connectivity index (χ0n) is 24.6. The van der Waals surface area contributed by atoms with Gasteiger partial charge in [0.15, 0.2) is 0 Å². The Morgan fingerprint density at radius 3 is 2.15 bits per heavy atom. The number of rotatable bonds is 12. The summed E-state index contributed by atoms with van der Waals surface area (Å²) >= 11 is 6.19. The molecule has 0 bridgehead atoms. The maximum atomic E-state index is 14.2. The van der Waals surface area contributed by atoms with Crippen LogP contribution in [0.4, 0.5) is 5.69 Å². The number of anilines is 1. The monoisotopic (exact) mass is 597 g/mol. The van der Waals surface area contributed by atoms with Gasteiger partial charge in [-0.25, -0.2) is 8.42 Å². The number of amides is 2. The van der Waals surface area contributed by atoms with Gasteiger partial charge >= 0.3 is 0 Å². The molecule has 1 N–H and O–H groups in total. The summed E-state index contributed by atoms with van der Waals surface area (Å²) < 4.78 is 29.2. The molecular formula is C32H40ClN3O4S. The van der Waals surface area contributed by atoms with Crippen molar-refractivity contribution in [3.8, 4) is 0 Å². The molecule has 3 rings (SSSR count). The molecule has 7 nitrogen and oxygen atoms in total. The van der Waals surface area contributed by atoms with Gasteiger partial charge in [-0.3, -0.25) is 13.9 Å². The Hall–Kier alpha value is -3.36. The van der Waals surface area contributed by atoms with E-state index in [0.29, 0.717) is 22.7 Å². The molecule has 3 aromatic carbocycles. The lowest BCUT2D eigenvalue weighted by Crippen LogP contribution is -2.53. The van der Waals surface area contributed by atoms with Crippen molar-refractivity contribution in [1.82, 2.24) is 10.2 Å². The molecule has 0 unspecified atom stereocenters. The quantitative estimate of drug-likeness (QED) is 0.270. The Kier molecular flexibility index (Phi) is 11.0. The van der Waals surface area contributed by atoms with Crippen molar-refractivity contribution >= 4 is 39.1 Å². The van der Waals surface area contributed by atoms with E-state index in [1.54, 1.807) is 37.3 Å². The normalized spacial score (nSPS) is 12.9. The predicted octanol–water partition coefficient (Wildman–Crippen LogP) is 6.18. The van der Waals surface area contributed by atoms with E-state index in [1.807, 2.05) is 58.9 Å². The number of nitrogens with zero attached hydrogens (tertiary/aromatic N) is 2. The van der Waals surface area contributed by atoms with Gasteiger partial charge in [0.2, 0.25) is 11.8 Å². The van der Waals surface area contributed by atoms with Crippen molar-refractivity contribution in [3.63, 3.8) is 0 Å². The van der Waals surface area contributed by atoms with Gasteiger partial charge in [0.1, 0.15) is 12.6 Å². The average Bonchev–Trinajstić information content (AvgIpc) is 2.93. The minimum absolute atomic E-state index is 0.0669. The highest BCUT2D eigenvalue weighted by Gasteiger charge is 2.34. The molecule has 0 aliphatic carbocycles. The lowest BCUT2D eigenvalue weighted by atomic mass is 10.1. The van der Waals surface area contributed by atoms with Crippen LogP contribution in [-0.2, 0) is 26.2 Å². The van der Waals surface area contributed by atoms with Crippen LogP contribution in [0.3, 0.4) is 0 Å². The maximum Gasteiger partial charge on any atom is 0.264 e. The molecule has 3 aromatic rings. The Balaban J connectivity index is 2.10. The van der Waals surface area contributed by atoms with E-state index in [0.717, 1.165) is 27.4 Å². The van der Waals surface area contributed by atoms with Crippen LogP contribution in [0.5, 0.6) is 0 Å². The molecule has 0 saturated heterocycles. The van der Waals surface area contributed by atoms with Gasteiger partial charge in [0.05, 0.1) is 10.6 Å². The highest BCUT2D eigenvalue weighted by atomic mass is 35.5. The first-order valence-corrected chi connectivity index (χ1v) is 15.7. The summed E-state index contributed by atoms with van der Waals surface area (Å²) in [6, 6.07) is 18.2. The number of hydrogen-bond donors (Lipinski definition) is 1. The van der Waals surface area contributed by atoms with Crippen LogP contribution in [0.25, 0.3) is 0 Å². The van der Waals surface area contributed by atoms with Crippen LogP contribution in [0.1, 0.15) is 55.9 Å². The number of aryl methyl sites for hydroxylation is 3. The summed E-state index contributed by atoms with van der Waals surface area (Å²) in [5.74, 6) is -0.746. The Morgan fingerprint density at radius 2 is 1.56 bits per heavy atom. The Labute approximate surface area is 249 Å². The van der Waals surface area contributed by atoms with E-state index >= 15 is 0 Å². The van der Waals surface area contributed by atoms with Crippen LogP contribution in [0, 0.1) is 20.8 Å². The van der Waals surface area contributed by atoms with Crippen LogP contribution < -0.4 is 9.62 Å². The van der Waals surface area contributed by atoms with Gasteiger partial charge in [-0.1, -0.05) is 67.4 Å². The lowest BCUT2D eigenvalue weighted by molar-refractivity contribution is -0.140. The van der Waals surface area contributed by atoms with Crippen molar-refractivity contribution in [2.24, 2.45) is 0 Å². The minimum atomic E-state index is -4.15. The Morgan fingerprint density at radius 1 is 0.902 bits per heavy atom. The van der Waals surface area contributed by atoms with Crippen LogP contribution >= 0.6 is 11.6 Å². The smallest absolute Gasteiger partial charge is 0.264 e. The molecule has 41 heavy (non-hydrogen) atoms. The average molecular weight is 598 g/mol. The van der Waals surface area contributed by atoms with Crippen molar-refractivity contribution in [3.05, 3.63) is 94.0 Å². The van der Waals surface area contributed by atoms with Crippen molar-refractivity contribution in [2.45, 2.75) is 77.9 Å².